The Kier molecular flexibility index (Phi) is 7.06. The molecule has 0 aliphatic heterocycles. The van der Waals surface area contributed by atoms with Crippen LogP contribution in [0.1, 0.15) is 20.8 Å². The number of rotatable bonds is 3. The molecule has 10 heavy (non-hydrogen) atoms. The van der Waals surface area contributed by atoms with Gasteiger partial charge in [-0.3, -0.25) is 4.57 Å². The minimum Gasteiger partial charge on any atom is -0.324 e. The molecule has 0 aromatic heterocycles. The summed E-state index contributed by atoms with van der Waals surface area (Å²) >= 11 is 0. The van der Waals surface area contributed by atoms with E-state index in [0.29, 0.717) is 0 Å². The van der Waals surface area contributed by atoms with Crippen LogP contribution in [0, 0.1) is 0 Å². The van der Waals surface area contributed by atoms with Crippen LogP contribution < -0.4 is 0 Å². The third-order valence-electron chi connectivity index (χ3n) is 0.775. The predicted molar refractivity (Wildman–Crippen MR) is 36.6 cm³/mol. The monoisotopic (exact) mass is 211 g/mol. The zero-order chi connectivity index (χ0) is 7.49. The molecule has 1 radical (unpaired) electrons. The van der Waals surface area contributed by atoms with E-state index in [1.54, 1.807) is 20.8 Å². The molecule has 0 heterocycles. The summed E-state index contributed by atoms with van der Waals surface area (Å²) in [7, 11) is -3.23. The van der Waals surface area contributed by atoms with Crippen LogP contribution >= 0.6 is 7.60 Å². The maximum absolute atomic E-state index is 10.7. The summed E-state index contributed by atoms with van der Waals surface area (Å²) in [5.41, 5.74) is 0. The second kappa shape index (κ2) is 5.33. The van der Waals surface area contributed by atoms with Gasteiger partial charge in [0.25, 0.3) is 0 Å². The van der Waals surface area contributed by atoms with Crippen LogP contribution in [0.25, 0.3) is 0 Å². The summed E-state index contributed by atoms with van der Waals surface area (Å²) in [5.74, 6) is 0. The van der Waals surface area contributed by atoms with Crippen molar-refractivity contribution in [2.24, 2.45) is 0 Å². The van der Waals surface area contributed by atoms with Gasteiger partial charge in [0.1, 0.15) is 0 Å². The second-order valence-electron chi connectivity index (χ2n) is 2.11. The topological polar surface area (TPSA) is 46.5 Å². The zero-order valence-electron chi connectivity index (χ0n) is 6.33. The average molecular weight is 211 g/mol. The molecule has 5 heteroatoms. The van der Waals surface area contributed by atoms with Crippen molar-refractivity contribution in [2.75, 3.05) is 6.16 Å². The van der Waals surface area contributed by atoms with E-state index < -0.39 is 7.60 Å². The molecule has 0 rings (SSSR count). The summed E-state index contributed by atoms with van der Waals surface area (Å²) < 4.78 is 15.4. The second-order valence-corrected chi connectivity index (χ2v) is 4.23. The molecule has 0 saturated heterocycles. The van der Waals surface area contributed by atoms with Gasteiger partial charge in [-0.2, -0.15) is 0 Å². The Bertz CT molecular complexity index is 126. The van der Waals surface area contributed by atoms with Crippen molar-refractivity contribution in [1.82, 2.24) is 0 Å². The summed E-state index contributed by atoms with van der Waals surface area (Å²) in [6.07, 6.45) is 0.0198. The van der Waals surface area contributed by atoms with E-state index in [9.17, 15) is 4.57 Å². The smallest absolute Gasteiger partial charge is 0.324 e. The van der Waals surface area contributed by atoms with E-state index >= 15 is 0 Å². The molecule has 1 unspecified atom stereocenters. The fourth-order valence-electron chi connectivity index (χ4n) is 0.404. The van der Waals surface area contributed by atoms with Crippen LogP contribution in [0.5, 0.6) is 0 Å². The van der Waals surface area contributed by atoms with Crippen molar-refractivity contribution >= 4 is 7.60 Å². The first-order chi connectivity index (χ1) is 3.98. The maximum atomic E-state index is 10.7. The standard InChI is InChI=1S/C5H13O3P.Co/c1-4-9(6,7)8-5(2)3;/h5H,4H2,1-3H3,(H,6,7);. The van der Waals surface area contributed by atoms with Crippen molar-refractivity contribution in [3.63, 3.8) is 0 Å². The summed E-state index contributed by atoms with van der Waals surface area (Å²) in [5, 5.41) is 0. The van der Waals surface area contributed by atoms with Crippen LogP contribution in [-0.2, 0) is 25.9 Å². The Morgan fingerprint density at radius 1 is 1.60 bits per heavy atom. The third-order valence-corrected chi connectivity index (χ3v) is 2.33. The van der Waals surface area contributed by atoms with Gasteiger partial charge in [0.05, 0.1) is 6.10 Å². The van der Waals surface area contributed by atoms with Gasteiger partial charge >= 0.3 is 7.60 Å². The molecule has 0 fully saturated rings. The minimum atomic E-state index is -3.23. The van der Waals surface area contributed by atoms with Gasteiger partial charge in [-0.25, -0.2) is 0 Å². The summed E-state index contributed by atoms with van der Waals surface area (Å²) in [4.78, 5) is 8.83. The molecular formula is C5H13CoO3P. The molecule has 0 bridgehead atoms. The van der Waals surface area contributed by atoms with Gasteiger partial charge < -0.3 is 9.42 Å². The van der Waals surface area contributed by atoms with Crippen LogP contribution in [0.2, 0.25) is 0 Å². The first-order valence-corrected chi connectivity index (χ1v) is 4.74. The predicted octanol–water partition coefficient (Wildman–Crippen LogP) is 1.61. The Labute approximate surface area is 71.9 Å². The number of hydrogen-bond acceptors (Lipinski definition) is 2. The van der Waals surface area contributed by atoms with E-state index in [1.807, 2.05) is 0 Å². The molecule has 1 N–H and O–H groups in total. The molecule has 0 aromatic carbocycles. The molecule has 1 atom stereocenters. The summed E-state index contributed by atoms with van der Waals surface area (Å²) in [6.45, 7) is 5.10. The third kappa shape index (κ3) is 6.77. The molecule has 0 aliphatic rings. The van der Waals surface area contributed by atoms with Crippen molar-refractivity contribution < 1.29 is 30.8 Å². The SMILES string of the molecule is CCP(=O)(O)OC(C)C.[Co]. The van der Waals surface area contributed by atoms with Crippen molar-refractivity contribution in [3.8, 4) is 0 Å². The Morgan fingerprint density at radius 2 is 2.00 bits per heavy atom. The van der Waals surface area contributed by atoms with Gasteiger partial charge in [-0.05, 0) is 13.8 Å². The largest absolute Gasteiger partial charge is 0.328 e. The first kappa shape index (κ1) is 13.3. The van der Waals surface area contributed by atoms with E-state index in [1.165, 1.54) is 0 Å². The molecule has 0 aromatic rings. The van der Waals surface area contributed by atoms with Crippen LogP contribution in [-0.4, -0.2) is 17.2 Å². The van der Waals surface area contributed by atoms with E-state index in [-0.39, 0.29) is 29.0 Å². The van der Waals surface area contributed by atoms with Crippen molar-refractivity contribution in [2.45, 2.75) is 26.9 Å². The Hall–Kier alpha value is 0.656. The van der Waals surface area contributed by atoms with Gasteiger partial charge in [-0.15, -0.1) is 0 Å². The van der Waals surface area contributed by atoms with E-state index in [0.717, 1.165) is 0 Å². The maximum Gasteiger partial charge on any atom is 0.328 e. The fraction of sp³-hybridized carbons (Fsp3) is 1.00. The zero-order valence-corrected chi connectivity index (χ0v) is 8.26. The van der Waals surface area contributed by atoms with E-state index in [4.69, 9.17) is 9.42 Å². The first-order valence-electron chi connectivity index (χ1n) is 2.98. The quantitative estimate of drug-likeness (QED) is 0.721. The minimum absolute atomic E-state index is 0. The Balaban J connectivity index is 0. The van der Waals surface area contributed by atoms with Gasteiger partial charge in [0.2, 0.25) is 0 Å². The van der Waals surface area contributed by atoms with Crippen molar-refractivity contribution in [1.29, 1.82) is 0 Å². The van der Waals surface area contributed by atoms with Crippen LogP contribution in [0.3, 0.4) is 0 Å². The van der Waals surface area contributed by atoms with Gasteiger partial charge in [-0.1, -0.05) is 6.92 Å². The van der Waals surface area contributed by atoms with E-state index in [2.05, 4.69) is 0 Å². The summed E-state index contributed by atoms with van der Waals surface area (Å²) in [6, 6.07) is 0. The van der Waals surface area contributed by atoms with Crippen LogP contribution in [0.15, 0.2) is 0 Å². The average Bonchev–Trinajstić information content (AvgIpc) is 1.63. The molecule has 0 spiro atoms. The molecule has 3 nitrogen and oxygen atoms in total. The normalized spacial score (nSPS) is 16.1. The van der Waals surface area contributed by atoms with Crippen molar-refractivity contribution in [3.05, 3.63) is 0 Å². The fourth-order valence-corrected chi connectivity index (χ4v) is 1.21. The van der Waals surface area contributed by atoms with Crippen LogP contribution in [0.4, 0.5) is 0 Å². The molecular weight excluding hydrogens is 198 g/mol. The molecule has 65 valence electrons. The Morgan fingerprint density at radius 3 is 2.10 bits per heavy atom. The molecule has 0 aliphatic carbocycles. The molecule has 0 saturated carbocycles. The van der Waals surface area contributed by atoms with Gasteiger partial charge in [0, 0.05) is 22.9 Å². The number of hydrogen-bond donors (Lipinski definition) is 1. The van der Waals surface area contributed by atoms with Gasteiger partial charge in [0.15, 0.2) is 0 Å². The molecule has 0 amide bonds.